The van der Waals surface area contributed by atoms with Crippen molar-refractivity contribution in [3.05, 3.63) is 59.9 Å². The average Bonchev–Trinajstić information content (AvgIpc) is 2.61. The van der Waals surface area contributed by atoms with Crippen molar-refractivity contribution >= 4 is 12.0 Å². The Morgan fingerprint density at radius 2 is 2.00 bits per heavy atom. The summed E-state index contributed by atoms with van der Waals surface area (Å²) in [5.74, 6) is 0.942. The molecule has 0 spiro atoms. The smallest absolute Gasteiger partial charge is 0.258 e. The molecule has 2 rings (SSSR count). The van der Waals surface area contributed by atoms with E-state index in [0.29, 0.717) is 11.5 Å². The molecule has 0 saturated carbocycles. The zero-order valence-electron chi connectivity index (χ0n) is 14.2. The van der Waals surface area contributed by atoms with Gasteiger partial charge in [-0.2, -0.15) is 0 Å². The summed E-state index contributed by atoms with van der Waals surface area (Å²) in [6.45, 7) is 3.79. The van der Waals surface area contributed by atoms with Gasteiger partial charge in [-0.3, -0.25) is 9.78 Å². The van der Waals surface area contributed by atoms with E-state index in [2.05, 4.69) is 10.3 Å². The highest BCUT2D eigenvalue weighted by molar-refractivity contribution is 5.78. The number of aromatic nitrogens is 1. The number of benzene rings is 1. The minimum absolute atomic E-state index is 0.0747. The largest absolute Gasteiger partial charge is 0.493 e. The lowest BCUT2D eigenvalue weighted by molar-refractivity contribution is -0.123. The Hall–Kier alpha value is -2.82. The maximum Gasteiger partial charge on any atom is 0.258 e. The van der Waals surface area contributed by atoms with E-state index in [9.17, 15) is 4.79 Å². The summed E-state index contributed by atoms with van der Waals surface area (Å²) < 4.78 is 10.9. The summed E-state index contributed by atoms with van der Waals surface area (Å²) in [6.07, 6.45) is 7.32. The first kappa shape index (κ1) is 17.5. The molecule has 0 aliphatic heterocycles. The van der Waals surface area contributed by atoms with Gasteiger partial charge in [-0.1, -0.05) is 18.2 Å². The van der Waals surface area contributed by atoms with Crippen LogP contribution in [-0.2, 0) is 4.79 Å². The van der Waals surface area contributed by atoms with Gasteiger partial charge in [-0.25, -0.2) is 0 Å². The molecule has 0 aliphatic rings. The number of hydrogen-bond acceptors (Lipinski definition) is 4. The second kappa shape index (κ2) is 8.72. The van der Waals surface area contributed by atoms with E-state index in [0.717, 1.165) is 11.1 Å². The Morgan fingerprint density at radius 1 is 1.25 bits per heavy atom. The van der Waals surface area contributed by atoms with Gasteiger partial charge in [0.05, 0.1) is 13.2 Å². The van der Waals surface area contributed by atoms with Crippen molar-refractivity contribution in [1.29, 1.82) is 0 Å². The van der Waals surface area contributed by atoms with Crippen LogP contribution in [-0.4, -0.2) is 24.6 Å². The van der Waals surface area contributed by atoms with Crippen molar-refractivity contribution < 1.29 is 14.3 Å². The fourth-order valence-electron chi connectivity index (χ4n) is 2.26. The monoisotopic (exact) mass is 326 g/mol. The highest BCUT2D eigenvalue weighted by atomic mass is 16.5. The van der Waals surface area contributed by atoms with Crippen molar-refractivity contribution in [2.24, 2.45) is 0 Å². The van der Waals surface area contributed by atoms with Gasteiger partial charge < -0.3 is 14.8 Å². The van der Waals surface area contributed by atoms with E-state index in [1.165, 1.54) is 0 Å². The molecule has 1 heterocycles. The fourth-order valence-corrected chi connectivity index (χ4v) is 2.26. The molecule has 1 unspecified atom stereocenters. The number of rotatable bonds is 7. The molecule has 2 aromatic rings. The van der Waals surface area contributed by atoms with Gasteiger partial charge in [-0.15, -0.1) is 0 Å². The number of carbonyl (C=O) groups is 1. The molecule has 0 radical (unpaired) electrons. The Morgan fingerprint density at radius 3 is 2.67 bits per heavy atom. The number of allylic oxidation sites excluding steroid dienone is 1. The second-order valence-corrected chi connectivity index (χ2v) is 5.27. The number of ether oxygens (including phenoxy) is 2. The third-order valence-corrected chi connectivity index (χ3v) is 3.49. The number of carbonyl (C=O) groups excluding carboxylic acids is 1. The second-order valence-electron chi connectivity index (χ2n) is 5.27. The van der Waals surface area contributed by atoms with Crippen molar-refractivity contribution in [3.63, 3.8) is 0 Å². The first-order valence-corrected chi connectivity index (χ1v) is 7.77. The van der Waals surface area contributed by atoms with Crippen molar-refractivity contribution in [2.45, 2.75) is 19.9 Å². The maximum absolute atomic E-state index is 12.1. The van der Waals surface area contributed by atoms with Gasteiger partial charge in [0.1, 0.15) is 0 Å². The number of methoxy groups -OCH3 is 1. The van der Waals surface area contributed by atoms with Crippen molar-refractivity contribution in [3.8, 4) is 11.5 Å². The molecule has 1 aromatic heterocycles. The van der Waals surface area contributed by atoms with Gasteiger partial charge in [0, 0.05) is 12.4 Å². The Labute approximate surface area is 142 Å². The van der Waals surface area contributed by atoms with Gasteiger partial charge in [0.2, 0.25) is 0 Å². The van der Waals surface area contributed by atoms with Crippen molar-refractivity contribution in [1.82, 2.24) is 10.3 Å². The average molecular weight is 326 g/mol. The molecule has 24 heavy (non-hydrogen) atoms. The number of nitrogens with one attached hydrogen (secondary N) is 1. The lowest BCUT2D eigenvalue weighted by atomic mass is 10.1. The van der Waals surface area contributed by atoms with Crippen LogP contribution in [0.2, 0.25) is 0 Å². The van der Waals surface area contributed by atoms with Crippen LogP contribution in [0, 0.1) is 0 Å². The molecule has 1 N–H and O–H groups in total. The summed E-state index contributed by atoms with van der Waals surface area (Å²) >= 11 is 0. The Balaban J connectivity index is 1.94. The molecule has 0 aliphatic carbocycles. The zero-order valence-corrected chi connectivity index (χ0v) is 14.2. The van der Waals surface area contributed by atoms with Crippen LogP contribution >= 0.6 is 0 Å². The number of pyridine rings is 1. The summed E-state index contributed by atoms with van der Waals surface area (Å²) in [5.41, 5.74) is 2.00. The molecular weight excluding hydrogens is 304 g/mol. The lowest BCUT2D eigenvalue weighted by Gasteiger charge is -2.15. The van der Waals surface area contributed by atoms with Crippen LogP contribution in [0.4, 0.5) is 0 Å². The van der Waals surface area contributed by atoms with Crippen LogP contribution in [0.25, 0.3) is 6.08 Å². The quantitative estimate of drug-likeness (QED) is 0.847. The predicted molar refractivity (Wildman–Crippen MR) is 94.0 cm³/mol. The third-order valence-electron chi connectivity index (χ3n) is 3.49. The summed E-state index contributed by atoms with van der Waals surface area (Å²) in [4.78, 5) is 16.0. The molecule has 0 bridgehead atoms. The minimum Gasteiger partial charge on any atom is -0.493 e. The van der Waals surface area contributed by atoms with Gasteiger partial charge >= 0.3 is 0 Å². The van der Waals surface area contributed by atoms with Crippen LogP contribution < -0.4 is 14.8 Å². The first-order chi connectivity index (χ1) is 11.6. The molecule has 1 aromatic carbocycles. The number of hydrogen-bond donors (Lipinski definition) is 1. The van der Waals surface area contributed by atoms with E-state index in [4.69, 9.17) is 9.47 Å². The van der Waals surface area contributed by atoms with Gasteiger partial charge in [0.15, 0.2) is 18.1 Å². The van der Waals surface area contributed by atoms with E-state index >= 15 is 0 Å². The molecular formula is C19H22N2O3. The van der Waals surface area contributed by atoms with Crippen molar-refractivity contribution in [2.75, 3.05) is 13.7 Å². The summed E-state index contributed by atoms with van der Waals surface area (Å²) in [6, 6.07) is 9.21. The number of nitrogens with zero attached hydrogens (tertiary/aromatic N) is 1. The standard InChI is InChI=1S/C19H22N2O3/c1-4-5-15-6-7-17(18(12-15)23-3)24-13-19(22)21-14(2)16-8-10-20-11-9-16/h4-12,14H,13H2,1-3H3,(H,21,22). The topological polar surface area (TPSA) is 60.5 Å². The number of amides is 1. The zero-order chi connectivity index (χ0) is 17.4. The van der Waals surface area contributed by atoms with E-state index < -0.39 is 0 Å². The van der Waals surface area contributed by atoms with Crippen LogP contribution in [0.1, 0.15) is 31.0 Å². The van der Waals surface area contributed by atoms with Crippen LogP contribution in [0.3, 0.4) is 0 Å². The molecule has 5 nitrogen and oxygen atoms in total. The minimum atomic E-state index is -0.195. The summed E-state index contributed by atoms with van der Waals surface area (Å²) in [5, 5.41) is 2.89. The molecule has 0 fully saturated rings. The molecule has 1 amide bonds. The third kappa shape index (κ3) is 4.84. The highest BCUT2D eigenvalue weighted by Gasteiger charge is 2.11. The van der Waals surface area contributed by atoms with Gasteiger partial charge in [-0.05, 0) is 49.2 Å². The molecule has 126 valence electrons. The first-order valence-electron chi connectivity index (χ1n) is 7.77. The van der Waals surface area contributed by atoms with E-state index in [-0.39, 0.29) is 18.6 Å². The Kier molecular flexibility index (Phi) is 6.37. The predicted octanol–water partition coefficient (Wildman–Crippen LogP) is 3.38. The highest BCUT2D eigenvalue weighted by Crippen LogP contribution is 2.28. The molecule has 5 heteroatoms. The van der Waals surface area contributed by atoms with Gasteiger partial charge in [0.25, 0.3) is 5.91 Å². The normalized spacial score (nSPS) is 12.0. The Bertz CT molecular complexity index is 699. The van der Waals surface area contributed by atoms with E-state index in [1.807, 2.05) is 50.3 Å². The van der Waals surface area contributed by atoms with Crippen LogP contribution in [0.5, 0.6) is 11.5 Å². The lowest BCUT2D eigenvalue weighted by Crippen LogP contribution is -2.31. The maximum atomic E-state index is 12.1. The molecule has 0 saturated heterocycles. The van der Waals surface area contributed by atoms with Crippen LogP contribution in [0.15, 0.2) is 48.8 Å². The summed E-state index contributed by atoms with van der Waals surface area (Å²) in [7, 11) is 1.58. The fraction of sp³-hybridized carbons (Fsp3) is 0.263. The SMILES string of the molecule is CC=Cc1ccc(OCC(=O)NC(C)c2ccncc2)c(OC)c1. The van der Waals surface area contributed by atoms with E-state index in [1.54, 1.807) is 25.6 Å². The molecule has 1 atom stereocenters.